The van der Waals surface area contributed by atoms with Gasteiger partial charge in [-0.15, -0.1) is 0 Å². The van der Waals surface area contributed by atoms with E-state index in [0.717, 1.165) is 32.4 Å². The van der Waals surface area contributed by atoms with Crippen LogP contribution >= 0.6 is 24.0 Å². The summed E-state index contributed by atoms with van der Waals surface area (Å²) in [4.78, 5) is 46.0. The van der Waals surface area contributed by atoms with Crippen LogP contribution in [0.3, 0.4) is 0 Å². The minimum atomic E-state index is -0.816. The number of fused-ring (bicyclic) bond motifs is 1. The summed E-state index contributed by atoms with van der Waals surface area (Å²) in [7, 11) is 0. The number of hydrogen-bond donors (Lipinski definition) is 1. The Morgan fingerprint density at radius 1 is 1.15 bits per heavy atom. The van der Waals surface area contributed by atoms with Crippen molar-refractivity contribution in [2.75, 3.05) is 24.5 Å². The number of amides is 1. The molecular formula is C23H26N4O4S2. The minimum absolute atomic E-state index is 0.122. The maximum absolute atomic E-state index is 13.4. The van der Waals surface area contributed by atoms with E-state index in [9.17, 15) is 14.4 Å². The number of carbonyl (C=O) groups is 2. The van der Waals surface area contributed by atoms with Gasteiger partial charge in [0.2, 0.25) is 0 Å². The number of thioether (sulfide) groups is 1. The van der Waals surface area contributed by atoms with E-state index in [2.05, 4.69) is 4.90 Å². The highest BCUT2D eigenvalue weighted by Crippen LogP contribution is 2.34. The van der Waals surface area contributed by atoms with Crippen LogP contribution in [0.5, 0.6) is 0 Å². The molecule has 0 bridgehead atoms. The number of carbonyl (C=O) groups excluding carboxylic acids is 1. The van der Waals surface area contributed by atoms with Crippen molar-refractivity contribution in [3.63, 3.8) is 0 Å². The van der Waals surface area contributed by atoms with Crippen molar-refractivity contribution in [1.82, 2.24) is 14.3 Å². The molecule has 0 unspecified atom stereocenters. The summed E-state index contributed by atoms with van der Waals surface area (Å²) in [5.74, 6) is -0.418. The molecule has 2 aromatic heterocycles. The van der Waals surface area contributed by atoms with Crippen molar-refractivity contribution in [2.45, 2.75) is 44.9 Å². The second kappa shape index (κ2) is 10.5. The Labute approximate surface area is 201 Å². The lowest BCUT2D eigenvalue weighted by molar-refractivity contribution is -0.137. The normalized spacial score (nSPS) is 18.0. The van der Waals surface area contributed by atoms with Gasteiger partial charge >= 0.3 is 5.97 Å². The van der Waals surface area contributed by atoms with E-state index in [4.69, 9.17) is 22.3 Å². The lowest BCUT2D eigenvalue weighted by Crippen LogP contribution is -2.33. The van der Waals surface area contributed by atoms with Gasteiger partial charge < -0.3 is 10.0 Å². The first kappa shape index (κ1) is 23.4. The summed E-state index contributed by atoms with van der Waals surface area (Å²) in [6, 6.07) is 5.44. The lowest BCUT2D eigenvalue weighted by Gasteiger charge is -2.29. The highest BCUT2D eigenvalue weighted by molar-refractivity contribution is 8.26. The Kier molecular flexibility index (Phi) is 7.44. The zero-order chi connectivity index (χ0) is 23.4. The molecule has 2 aliphatic heterocycles. The number of nitrogens with zero attached hydrogens (tertiary/aromatic N) is 4. The van der Waals surface area contributed by atoms with Crippen LogP contribution in [0.25, 0.3) is 11.7 Å². The van der Waals surface area contributed by atoms with E-state index in [1.165, 1.54) is 16.2 Å². The van der Waals surface area contributed by atoms with Crippen molar-refractivity contribution in [2.24, 2.45) is 0 Å². The summed E-state index contributed by atoms with van der Waals surface area (Å²) >= 11 is 6.62. The monoisotopic (exact) mass is 486 g/mol. The van der Waals surface area contributed by atoms with Crippen LogP contribution in [-0.2, 0) is 9.59 Å². The Morgan fingerprint density at radius 3 is 2.70 bits per heavy atom. The molecule has 4 rings (SSSR count). The third kappa shape index (κ3) is 5.27. The number of piperidine rings is 1. The largest absolute Gasteiger partial charge is 0.481 e. The zero-order valence-electron chi connectivity index (χ0n) is 18.2. The maximum atomic E-state index is 13.4. The maximum Gasteiger partial charge on any atom is 0.303 e. The van der Waals surface area contributed by atoms with Crippen LogP contribution < -0.4 is 10.5 Å². The van der Waals surface area contributed by atoms with Gasteiger partial charge in [0.05, 0.1) is 10.5 Å². The predicted molar refractivity (Wildman–Crippen MR) is 134 cm³/mol. The number of unbranched alkanes of at least 4 members (excludes halogenated alkanes) is 2. The van der Waals surface area contributed by atoms with Gasteiger partial charge in [-0.3, -0.25) is 23.7 Å². The number of hydrogen-bond acceptors (Lipinski definition) is 7. The highest BCUT2D eigenvalue weighted by atomic mass is 32.2. The van der Waals surface area contributed by atoms with Crippen molar-refractivity contribution in [3.8, 4) is 0 Å². The average molecular weight is 487 g/mol. The molecule has 33 heavy (non-hydrogen) atoms. The number of rotatable bonds is 8. The molecule has 174 valence electrons. The van der Waals surface area contributed by atoms with Crippen molar-refractivity contribution in [3.05, 3.63) is 45.2 Å². The molecule has 10 heteroatoms. The van der Waals surface area contributed by atoms with E-state index in [1.807, 2.05) is 12.1 Å². The smallest absolute Gasteiger partial charge is 0.303 e. The number of carboxylic acids is 1. The number of anilines is 1. The van der Waals surface area contributed by atoms with E-state index in [-0.39, 0.29) is 17.9 Å². The van der Waals surface area contributed by atoms with Gasteiger partial charge in [-0.1, -0.05) is 36.5 Å². The molecule has 8 nitrogen and oxygen atoms in total. The second-order valence-electron chi connectivity index (χ2n) is 8.17. The first-order valence-corrected chi connectivity index (χ1v) is 12.4. The van der Waals surface area contributed by atoms with Crippen LogP contribution in [0.2, 0.25) is 0 Å². The Bertz CT molecular complexity index is 1170. The Balaban J connectivity index is 1.61. The van der Waals surface area contributed by atoms with Gasteiger partial charge in [0.15, 0.2) is 0 Å². The third-order valence-corrected chi connectivity index (χ3v) is 7.20. The van der Waals surface area contributed by atoms with E-state index < -0.39 is 5.97 Å². The quantitative estimate of drug-likeness (QED) is 0.344. The van der Waals surface area contributed by atoms with E-state index >= 15 is 0 Å². The Hall–Kier alpha value is -2.72. The zero-order valence-corrected chi connectivity index (χ0v) is 19.9. The van der Waals surface area contributed by atoms with Gasteiger partial charge in [0, 0.05) is 32.3 Å². The fourth-order valence-corrected chi connectivity index (χ4v) is 5.40. The summed E-state index contributed by atoms with van der Waals surface area (Å²) in [5.41, 5.74) is 0.775. The van der Waals surface area contributed by atoms with Gasteiger partial charge in [-0.25, -0.2) is 4.98 Å². The van der Waals surface area contributed by atoms with Crippen LogP contribution in [0.1, 0.15) is 50.5 Å². The molecule has 2 aromatic rings. The molecule has 0 atom stereocenters. The van der Waals surface area contributed by atoms with Gasteiger partial charge in [-0.2, -0.15) is 0 Å². The second-order valence-corrected chi connectivity index (χ2v) is 9.84. The molecule has 2 fully saturated rings. The summed E-state index contributed by atoms with van der Waals surface area (Å²) < 4.78 is 1.96. The molecule has 2 aliphatic rings. The fourth-order valence-electron chi connectivity index (χ4n) is 4.11. The van der Waals surface area contributed by atoms with Crippen molar-refractivity contribution < 1.29 is 14.7 Å². The molecular weight excluding hydrogens is 460 g/mol. The number of carboxylic acid groups (broad SMARTS) is 1. The topological polar surface area (TPSA) is 95.2 Å². The molecule has 4 heterocycles. The number of thiocarbonyl (C=S) groups is 1. The Morgan fingerprint density at radius 2 is 1.94 bits per heavy atom. The summed E-state index contributed by atoms with van der Waals surface area (Å²) in [6.07, 6.45) is 8.63. The first-order valence-electron chi connectivity index (χ1n) is 11.2. The molecule has 2 saturated heterocycles. The lowest BCUT2D eigenvalue weighted by atomic mass is 10.1. The van der Waals surface area contributed by atoms with Crippen molar-refractivity contribution in [1.29, 1.82) is 0 Å². The number of aliphatic carboxylic acids is 1. The van der Waals surface area contributed by atoms with Crippen LogP contribution in [-0.4, -0.2) is 55.2 Å². The van der Waals surface area contributed by atoms with E-state index in [0.29, 0.717) is 52.1 Å². The first-order chi connectivity index (χ1) is 16.0. The van der Waals surface area contributed by atoms with Crippen molar-refractivity contribution >= 4 is 57.7 Å². The van der Waals surface area contributed by atoms with Gasteiger partial charge in [-0.05, 0) is 50.3 Å². The van der Waals surface area contributed by atoms with Gasteiger partial charge in [0.1, 0.15) is 15.8 Å². The summed E-state index contributed by atoms with van der Waals surface area (Å²) in [5, 5.41) is 8.76. The number of pyridine rings is 1. The summed E-state index contributed by atoms with van der Waals surface area (Å²) in [6.45, 7) is 2.09. The number of aromatic nitrogens is 2. The molecule has 1 N–H and O–H groups in total. The average Bonchev–Trinajstić information content (AvgIpc) is 3.08. The third-order valence-electron chi connectivity index (χ3n) is 5.83. The SMILES string of the molecule is O=C(O)CCCCCN1C(=O)/C(=C\c2c(N3CCCCC3)nc3ccccn3c2=O)SC1=S. The highest BCUT2D eigenvalue weighted by Gasteiger charge is 2.32. The molecule has 0 spiro atoms. The minimum Gasteiger partial charge on any atom is -0.481 e. The predicted octanol–water partition coefficient (Wildman–Crippen LogP) is 3.53. The molecule has 0 aliphatic carbocycles. The molecule has 0 saturated carbocycles. The molecule has 1 amide bonds. The van der Waals surface area contributed by atoms with Crippen LogP contribution in [0.15, 0.2) is 34.1 Å². The van der Waals surface area contributed by atoms with E-state index in [1.54, 1.807) is 23.2 Å². The fraction of sp³-hybridized carbons (Fsp3) is 0.435. The molecule has 0 aromatic carbocycles. The van der Waals surface area contributed by atoms with Crippen LogP contribution in [0.4, 0.5) is 5.82 Å². The van der Waals surface area contributed by atoms with Gasteiger partial charge in [0.25, 0.3) is 11.5 Å². The standard InChI is InChI=1S/C23H26N4O4S2/c28-19(29)10-3-1-7-14-27-22(31)17(33-23(27)32)15-16-20(25-11-5-2-6-12-25)24-18-9-4-8-13-26(18)21(16)30/h4,8-9,13,15H,1-3,5-7,10-12,14H2,(H,28,29)/b17-15+. The molecule has 0 radical (unpaired) electrons. The van der Waals surface area contributed by atoms with Crippen LogP contribution in [0, 0.1) is 0 Å².